The summed E-state index contributed by atoms with van der Waals surface area (Å²) in [6, 6.07) is 12.4. The van der Waals surface area contributed by atoms with Gasteiger partial charge in [-0.15, -0.1) is 11.3 Å². The lowest BCUT2D eigenvalue weighted by atomic mass is 10.1. The zero-order chi connectivity index (χ0) is 26.2. The number of amides is 1. The summed E-state index contributed by atoms with van der Waals surface area (Å²) in [5.74, 6) is 1.20. The number of nitrogens with zero attached hydrogens (tertiary/aromatic N) is 4. The third-order valence-electron chi connectivity index (χ3n) is 6.40. The van der Waals surface area contributed by atoms with E-state index in [2.05, 4.69) is 25.1 Å². The molecule has 1 aliphatic rings. The van der Waals surface area contributed by atoms with E-state index >= 15 is 0 Å². The van der Waals surface area contributed by atoms with Crippen molar-refractivity contribution >= 4 is 44.7 Å². The average Bonchev–Trinajstić information content (AvgIpc) is 3.25. The minimum absolute atomic E-state index is 0.288. The summed E-state index contributed by atoms with van der Waals surface area (Å²) in [6.45, 7) is 4.96. The van der Waals surface area contributed by atoms with E-state index < -0.39 is 17.6 Å². The second kappa shape index (κ2) is 9.89. The third-order valence-corrected chi connectivity index (χ3v) is 7.60. The van der Waals surface area contributed by atoms with E-state index in [1.165, 1.54) is 29.8 Å². The van der Waals surface area contributed by atoms with Crippen molar-refractivity contribution in [1.29, 1.82) is 0 Å². The number of ether oxygens (including phenoxy) is 1. The quantitative estimate of drug-likeness (QED) is 0.364. The number of carbonyl (C=O) groups excluding carboxylic acids is 1. The monoisotopic (exact) mass is 527 g/mol. The van der Waals surface area contributed by atoms with Crippen molar-refractivity contribution in [1.82, 2.24) is 9.97 Å². The Labute approximate surface area is 215 Å². The van der Waals surface area contributed by atoms with Crippen LogP contribution in [-0.4, -0.2) is 49.2 Å². The highest BCUT2D eigenvalue weighted by Gasteiger charge is 2.30. The molecule has 37 heavy (non-hydrogen) atoms. The van der Waals surface area contributed by atoms with E-state index in [1.807, 2.05) is 31.2 Å². The summed E-state index contributed by atoms with van der Waals surface area (Å²) in [4.78, 5) is 27.6. The first-order valence-corrected chi connectivity index (χ1v) is 12.4. The Morgan fingerprint density at radius 3 is 2.24 bits per heavy atom. The fourth-order valence-electron chi connectivity index (χ4n) is 4.41. The summed E-state index contributed by atoms with van der Waals surface area (Å²) in [5, 5.41) is 3.52. The smallest absolute Gasteiger partial charge is 0.416 e. The van der Waals surface area contributed by atoms with E-state index in [9.17, 15) is 18.0 Å². The van der Waals surface area contributed by atoms with Gasteiger partial charge in [0.25, 0.3) is 5.91 Å². The van der Waals surface area contributed by atoms with Gasteiger partial charge in [-0.3, -0.25) is 4.79 Å². The zero-order valence-corrected chi connectivity index (χ0v) is 21.0. The number of nitrogens with one attached hydrogen (secondary N) is 1. The normalized spacial score (nSPS) is 14.2. The molecule has 1 aliphatic heterocycles. The summed E-state index contributed by atoms with van der Waals surface area (Å²) in [6.07, 6.45) is -2.93. The Morgan fingerprint density at radius 1 is 0.973 bits per heavy atom. The lowest BCUT2D eigenvalue weighted by Gasteiger charge is -2.37. The number of methoxy groups -OCH3 is 1. The predicted octanol–water partition coefficient (Wildman–Crippen LogP) is 5.61. The van der Waals surface area contributed by atoms with Crippen LogP contribution in [0.3, 0.4) is 0 Å². The highest BCUT2D eigenvalue weighted by molar-refractivity contribution is 7.20. The molecule has 0 unspecified atom stereocenters. The van der Waals surface area contributed by atoms with Gasteiger partial charge >= 0.3 is 6.18 Å². The molecule has 0 spiro atoms. The van der Waals surface area contributed by atoms with Crippen molar-refractivity contribution in [2.45, 2.75) is 13.1 Å². The molecule has 0 saturated carbocycles. The van der Waals surface area contributed by atoms with Gasteiger partial charge in [0, 0.05) is 37.6 Å². The average molecular weight is 528 g/mol. The molecule has 1 fully saturated rings. The van der Waals surface area contributed by atoms with E-state index in [4.69, 9.17) is 4.74 Å². The molecule has 1 saturated heterocycles. The first-order chi connectivity index (χ1) is 17.7. The maximum absolute atomic E-state index is 13.0. The van der Waals surface area contributed by atoms with Crippen molar-refractivity contribution in [2.75, 3.05) is 48.4 Å². The number of thiophene rings is 1. The van der Waals surface area contributed by atoms with Crippen LogP contribution in [0.5, 0.6) is 5.75 Å². The van der Waals surface area contributed by atoms with E-state index in [0.29, 0.717) is 9.71 Å². The number of anilines is 3. The SMILES string of the molecule is COc1ccc(N2CCN(c3ncnc4sc(C(=O)Nc5ccc(C(F)(F)F)cc5)c(C)c34)CC2)cc1. The van der Waals surface area contributed by atoms with Crippen molar-refractivity contribution in [2.24, 2.45) is 0 Å². The largest absolute Gasteiger partial charge is 0.497 e. The van der Waals surface area contributed by atoms with Gasteiger partial charge in [-0.1, -0.05) is 0 Å². The van der Waals surface area contributed by atoms with Gasteiger partial charge < -0.3 is 19.9 Å². The van der Waals surface area contributed by atoms with Gasteiger partial charge in [0.2, 0.25) is 0 Å². The number of benzene rings is 2. The predicted molar refractivity (Wildman–Crippen MR) is 139 cm³/mol. The Kier molecular flexibility index (Phi) is 6.63. The highest BCUT2D eigenvalue weighted by Crippen LogP contribution is 2.36. The molecular formula is C26H24F3N5O2S. The Morgan fingerprint density at radius 2 is 1.62 bits per heavy atom. The van der Waals surface area contributed by atoms with E-state index in [0.717, 1.165) is 66.5 Å². The van der Waals surface area contributed by atoms with Gasteiger partial charge in [0.05, 0.1) is 22.9 Å². The molecule has 7 nitrogen and oxygen atoms in total. The van der Waals surface area contributed by atoms with Gasteiger partial charge in [0.15, 0.2) is 0 Å². The number of hydrogen-bond donors (Lipinski definition) is 1. The van der Waals surface area contributed by atoms with Crippen LogP contribution < -0.4 is 19.9 Å². The molecule has 5 rings (SSSR count). The number of hydrogen-bond acceptors (Lipinski definition) is 7. The second-order valence-corrected chi connectivity index (χ2v) is 9.63. The number of aromatic nitrogens is 2. The van der Waals surface area contributed by atoms with E-state index in [-0.39, 0.29) is 5.69 Å². The summed E-state index contributed by atoms with van der Waals surface area (Å²) < 4.78 is 43.7. The molecule has 0 radical (unpaired) electrons. The second-order valence-electron chi connectivity index (χ2n) is 8.63. The molecule has 2 aromatic carbocycles. The molecule has 0 atom stereocenters. The van der Waals surface area contributed by atoms with Crippen molar-refractivity contribution in [3.8, 4) is 5.75 Å². The Balaban J connectivity index is 1.33. The number of piperazine rings is 1. The number of carbonyl (C=O) groups is 1. The molecule has 1 amide bonds. The molecule has 3 heterocycles. The maximum Gasteiger partial charge on any atom is 0.416 e. The van der Waals surface area contributed by atoms with Crippen LogP contribution in [0, 0.1) is 6.92 Å². The number of aryl methyl sites for hydroxylation is 1. The number of fused-ring (bicyclic) bond motifs is 1. The lowest BCUT2D eigenvalue weighted by molar-refractivity contribution is -0.137. The Bertz CT molecular complexity index is 1410. The van der Waals surface area contributed by atoms with Crippen LogP contribution in [0.4, 0.5) is 30.4 Å². The number of halogens is 3. The number of alkyl halides is 3. The molecule has 2 aromatic heterocycles. The number of rotatable bonds is 5. The first kappa shape index (κ1) is 24.8. The highest BCUT2D eigenvalue weighted by atomic mass is 32.1. The fraction of sp³-hybridized carbons (Fsp3) is 0.269. The minimum Gasteiger partial charge on any atom is -0.497 e. The molecule has 0 bridgehead atoms. The summed E-state index contributed by atoms with van der Waals surface area (Å²) >= 11 is 1.25. The lowest BCUT2D eigenvalue weighted by Crippen LogP contribution is -2.46. The van der Waals surface area contributed by atoms with E-state index in [1.54, 1.807) is 7.11 Å². The molecule has 1 N–H and O–H groups in total. The Hall–Kier alpha value is -3.86. The molecule has 11 heteroatoms. The van der Waals surface area contributed by atoms with Crippen molar-refractivity contribution in [3.63, 3.8) is 0 Å². The molecule has 4 aromatic rings. The van der Waals surface area contributed by atoms with Gasteiger partial charge in [0.1, 0.15) is 22.7 Å². The minimum atomic E-state index is -4.43. The van der Waals surface area contributed by atoms with Crippen LogP contribution in [0.2, 0.25) is 0 Å². The maximum atomic E-state index is 13.0. The topological polar surface area (TPSA) is 70.6 Å². The van der Waals surface area contributed by atoms with Gasteiger partial charge in [-0.2, -0.15) is 13.2 Å². The zero-order valence-electron chi connectivity index (χ0n) is 20.2. The standard InChI is InChI=1S/C26H24F3N5O2S/c1-16-21-23(34-13-11-33(12-14-34)19-7-9-20(36-2)10-8-19)30-15-31-25(21)37-22(16)24(35)32-18-5-3-17(4-6-18)26(27,28)29/h3-10,15H,11-14H2,1-2H3,(H,32,35). The van der Waals surface area contributed by atoms with Crippen molar-refractivity contribution in [3.05, 3.63) is 70.9 Å². The third kappa shape index (κ3) is 5.04. The van der Waals surface area contributed by atoms with Crippen LogP contribution >= 0.6 is 11.3 Å². The van der Waals surface area contributed by atoms with Gasteiger partial charge in [-0.25, -0.2) is 9.97 Å². The van der Waals surface area contributed by atoms with Crippen molar-refractivity contribution < 1.29 is 22.7 Å². The first-order valence-electron chi connectivity index (χ1n) is 11.6. The molecule has 0 aliphatic carbocycles. The fourth-order valence-corrected chi connectivity index (χ4v) is 5.45. The summed E-state index contributed by atoms with van der Waals surface area (Å²) in [7, 11) is 1.65. The summed E-state index contributed by atoms with van der Waals surface area (Å²) in [5.41, 5.74) is 1.39. The van der Waals surface area contributed by atoms with Crippen LogP contribution in [0.25, 0.3) is 10.2 Å². The molecular weight excluding hydrogens is 503 g/mol. The van der Waals surface area contributed by atoms with Crippen LogP contribution in [-0.2, 0) is 6.18 Å². The van der Waals surface area contributed by atoms with Gasteiger partial charge in [-0.05, 0) is 61.0 Å². The van der Waals surface area contributed by atoms with Crippen LogP contribution in [0.15, 0.2) is 54.9 Å². The molecule has 192 valence electrons. The van der Waals surface area contributed by atoms with Crippen LogP contribution in [0.1, 0.15) is 20.8 Å².